The zero-order valence-corrected chi connectivity index (χ0v) is 15.5. The standard InChI is InChI=1S/C20H19ClN4O2/c1-27-18-8-4-15(5-9-18)11-23-20-24-12-16(13-25-20)19(26)22-10-14-2-6-17(21)7-3-14/h2-9,12-13H,10-11H2,1H3,(H,22,26)(H,23,24,25). The second kappa shape index (κ2) is 9.00. The van der Waals surface area contributed by atoms with E-state index in [1.165, 1.54) is 12.4 Å². The predicted molar refractivity (Wildman–Crippen MR) is 105 cm³/mol. The molecule has 0 aliphatic rings. The highest BCUT2D eigenvalue weighted by Crippen LogP contribution is 2.12. The first-order valence-corrected chi connectivity index (χ1v) is 8.73. The normalized spacial score (nSPS) is 10.3. The summed E-state index contributed by atoms with van der Waals surface area (Å²) >= 11 is 5.85. The van der Waals surface area contributed by atoms with E-state index in [2.05, 4.69) is 20.6 Å². The van der Waals surface area contributed by atoms with E-state index < -0.39 is 0 Å². The van der Waals surface area contributed by atoms with Gasteiger partial charge >= 0.3 is 0 Å². The zero-order valence-electron chi connectivity index (χ0n) is 14.8. The van der Waals surface area contributed by atoms with Gasteiger partial charge in [0, 0.05) is 30.5 Å². The van der Waals surface area contributed by atoms with E-state index in [0.29, 0.717) is 29.6 Å². The second-order valence-corrected chi connectivity index (χ2v) is 6.24. The Bertz CT molecular complexity index is 881. The molecule has 0 atom stereocenters. The summed E-state index contributed by atoms with van der Waals surface area (Å²) < 4.78 is 5.13. The van der Waals surface area contributed by atoms with E-state index in [0.717, 1.165) is 16.9 Å². The van der Waals surface area contributed by atoms with Gasteiger partial charge in [-0.15, -0.1) is 0 Å². The van der Waals surface area contributed by atoms with E-state index in [1.54, 1.807) is 19.2 Å². The largest absolute Gasteiger partial charge is 0.497 e. The number of nitrogens with zero attached hydrogens (tertiary/aromatic N) is 2. The van der Waals surface area contributed by atoms with Gasteiger partial charge in [-0.3, -0.25) is 4.79 Å². The lowest BCUT2D eigenvalue weighted by Gasteiger charge is -2.07. The van der Waals surface area contributed by atoms with Crippen LogP contribution in [0.15, 0.2) is 60.9 Å². The lowest BCUT2D eigenvalue weighted by Crippen LogP contribution is -2.23. The molecule has 1 amide bonds. The van der Waals surface area contributed by atoms with Crippen LogP contribution in [0, 0.1) is 0 Å². The molecule has 1 aromatic heterocycles. The highest BCUT2D eigenvalue weighted by Gasteiger charge is 2.07. The molecule has 0 saturated heterocycles. The van der Waals surface area contributed by atoms with E-state index >= 15 is 0 Å². The first-order valence-electron chi connectivity index (χ1n) is 8.35. The van der Waals surface area contributed by atoms with Crippen LogP contribution < -0.4 is 15.4 Å². The van der Waals surface area contributed by atoms with Gasteiger partial charge in [0.1, 0.15) is 5.75 Å². The van der Waals surface area contributed by atoms with Crippen molar-refractivity contribution in [1.82, 2.24) is 15.3 Å². The molecule has 0 spiro atoms. The molecule has 7 heteroatoms. The van der Waals surface area contributed by atoms with Crippen LogP contribution in [-0.2, 0) is 13.1 Å². The summed E-state index contributed by atoms with van der Waals surface area (Å²) in [5.74, 6) is 1.04. The Morgan fingerprint density at radius 2 is 1.56 bits per heavy atom. The summed E-state index contributed by atoms with van der Waals surface area (Å²) in [5, 5.41) is 6.61. The molecule has 0 fully saturated rings. The van der Waals surface area contributed by atoms with Gasteiger partial charge < -0.3 is 15.4 Å². The predicted octanol–water partition coefficient (Wildman–Crippen LogP) is 3.68. The van der Waals surface area contributed by atoms with Crippen molar-refractivity contribution in [2.24, 2.45) is 0 Å². The molecule has 2 aromatic carbocycles. The minimum atomic E-state index is -0.230. The van der Waals surface area contributed by atoms with Crippen LogP contribution in [0.3, 0.4) is 0 Å². The van der Waals surface area contributed by atoms with Crippen molar-refractivity contribution in [3.05, 3.63) is 82.6 Å². The Morgan fingerprint density at radius 3 is 2.19 bits per heavy atom. The van der Waals surface area contributed by atoms with Gasteiger partial charge in [0.25, 0.3) is 5.91 Å². The average Bonchev–Trinajstić information content (AvgIpc) is 2.72. The molecular formula is C20H19ClN4O2. The first kappa shape index (κ1) is 18.7. The number of amides is 1. The summed E-state index contributed by atoms with van der Waals surface area (Å²) in [6, 6.07) is 15.0. The highest BCUT2D eigenvalue weighted by molar-refractivity contribution is 6.30. The van der Waals surface area contributed by atoms with Gasteiger partial charge in [-0.05, 0) is 35.4 Å². The number of hydrogen-bond acceptors (Lipinski definition) is 5. The molecule has 0 radical (unpaired) electrons. The Labute approximate surface area is 162 Å². The molecule has 3 rings (SSSR count). The van der Waals surface area contributed by atoms with Gasteiger partial charge in [-0.1, -0.05) is 35.9 Å². The first-order chi connectivity index (χ1) is 13.1. The molecule has 2 N–H and O–H groups in total. The summed E-state index contributed by atoms with van der Waals surface area (Å²) in [5.41, 5.74) is 2.44. The van der Waals surface area contributed by atoms with Crippen molar-refractivity contribution in [2.45, 2.75) is 13.1 Å². The summed E-state index contributed by atoms with van der Waals surface area (Å²) in [6.07, 6.45) is 3.00. The molecule has 27 heavy (non-hydrogen) atoms. The fourth-order valence-corrected chi connectivity index (χ4v) is 2.47. The Kier molecular flexibility index (Phi) is 6.22. The van der Waals surface area contributed by atoms with Crippen molar-refractivity contribution in [3.63, 3.8) is 0 Å². The van der Waals surface area contributed by atoms with Crippen LogP contribution in [0.1, 0.15) is 21.5 Å². The Morgan fingerprint density at radius 1 is 0.963 bits per heavy atom. The molecule has 0 bridgehead atoms. The summed E-state index contributed by atoms with van der Waals surface area (Å²) in [4.78, 5) is 20.6. The lowest BCUT2D eigenvalue weighted by atomic mass is 10.2. The molecule has 0 aliphatic heterocycles. The molecule has 0 aliphatic carbocycles. The van der Waals surface area contributed by atoms with Gasteiger partial charge in [0.15, 0.2) is 0 Å². The zero-order chi connectivity index (χ0) is 19.1. The highest BCUT2D eigenvalue weighted by atomic mass is 35.5. The number of rotatable bonds is 7. The van der Waals surface area contributed by atoms with Gasteiger partial charge in [0.05, 0.1) is 12.7 Å². The van der Waals surface area contributed by atoms with Crippen molar-refractivity contribution in [1.29, 1.82) is 0 Å². The molecular weight excluding hydrogens is 364 g/mol. The third kappa shape index (κ3) is 5.43. The number of hydrogen-bond donors (Lipinski definition) is 2. The third-order valence-corrected chi connectivity index (χ3v) is 4.14. The van der Waals surface area contributed by atoms with E-state index in [-0.39, 0.29) is 5.91 Å². The Balaban J connectivity index is 1.51. The maximum Gasteiger partial charge on any atom is 0.254 e. The van der Waals surface area contributed by atoms with Crippen molar-refractivity contribution in [3.8, 4) is 5.75 Å². The number of carbonyl (C=O) groups is 1. The van der Waals surface area contributed by atoms with Gasteiger partial charge in [-0.25, -0.2) is 9.97 Å². The maximum atomic E-state index is 12.2. The maximum absolute atomic E-state index is 12.2. The number of halogens is 1. The molecule has 138 valence electrons. The van der Waals surface area contributed by atoms with Crippen LogP contribution in [-0.4, -0.2) is 23.0 Å². The number of anilines is 1. The van der Waals surface area contributed by atoms with Crippen LogP contribution in [0.5, 0.6) is 5.75 Å². The average molecular weight is 383 g/mol. The monoisotopic (exact) mass is 382 g/mol. The SMILES string of the molecule is COc1ccc(CNc2ncc(C(=O)NCc3ccc(Cl)cc3)cn2)cc1. The van der Waals surface area contributed by atoms with Crippen molar-refractivity contribution >= 4 is 23.5 Å². The lowest BCUT2D eigenvalue weighted by molar-refractivity contribution is 0.0950. The topological polar surface area (TPSA) is 76.1 Å². The molecule has 1 heterocycles. The third-order valence-electron chi connectivity index (χ3n) is 3.89. The van der Waals surface area contributed by atoms with Crippen molar-refractivity contribution < 1.29 is 9.53 Å². The van der Waals surface area contributed by atoms with E-state index in [9.17, 15) is 4.79 Å². The van der Waals surface area contributed by atoms with Gasteiger partial charge in [0.2, 0.25) is 5.95 Å². The molecule has 0 saturated carbocycles. The molecule has 3 aromatic rings. The molecule has 6 nitrogen and oxygen atoms in total. The van der Waals surface area contributed by atoms with Gasteiger partial charge in [-0.2, -0.15) is 0 Å². The number of benzene rings is 2. The number of methoxy groups -OCH3 is 1. The van der Waals surface area contributed by atoms with Crippen molar-refractivity contribution in [2.75, 3.05) is 12.4 Å². The second-order valence-electron chi connectivity index (χ2n) is 5.81. The molecule has 0 unspecified atom stereocenters. The van der Waals surface area contributed by atoms with E-state index in [1.807, 2.05) is 36.4 Å². The number of aromatic nitrogens is 2. The minimum absolute atomic E-state index is 0.230. The summed E-state index contributed by atoms with van der Waals surface area (Å²) in [7, 11) is 1.63. The minimum Gasteiger partial charge on any atom is -0.497 e. The summed E-state index contributed by atoms with van der Waals surface area (Å²) in [6.45, 7) is 0.986. The Hall–Kier alpha value is -3.12. The van der Waals surface area contributed by atoms with E-state index in [4.69, 9.17) is 16.3 Å². The number of ether oxygens (including phenoxy) is 1. The van der Waals surface area contributed by atoms with Crippen LogP contribution >= 0.6 is 11.6 Å². The fraction of sp³-hybridized carbons (Fsp3) is 0.150. The smallest absolute Gasteiger partial charge is 0.254 e. The number of nitrogens with one attached hydrogen (secondary N) is 2. The quantitative estimate of drug-likeness (QED) is 0.651. The van der Waals surface area contributed by atoms with Crippen LogP contribution in [0.2, 0.25) is 5.02 Å². The van der Waals surface area contributed by atoms with Crippen LogP contribution in [0.25, 0.3) is 0 Å². The number of carbonyl (C=O) groups excluding carboxylic acids is 1. The fourth-order valence-electron chi connectivity index (χ4n) is 2.35. The van der Waals surface area contributed by atoms with Crippen LogP contribution in [0.4, 0.5) is 5.95 Å².